The number of carbonyl (C=O) groups excluding carboxylic acids is 1. The fourth-order valence-electron chi connectivity index (χ4n) is 2.72. The lowest BCUT2D eigenvalue weighted by Crippen LogP contribution is -2.49. The zero-order valence-electron chi connectivity index (χ0n) is 12.7. The molecule has 1 aliphatic heterocycles. The number of ether oxygens (including phenoxy) is 1. The van der Waals surface area contributed by atoms with Crippen molar-refractivity contribution >= 4 is 5.91 Å². The Morgan fingerprint density at radius 3 is 2.55 bits per heavy atom. The van der Waals surface area contributed by atoms with Crippen LogP contribution >= 0.6 is 0 Å². The minimum atomic E-state index is 0.0322. The molecule has 2 atom stereocenters. The molecule has 0 bridgehead atoms. The lowest BCUT2D eigenvalue weighted by atomic mass is 9.97. The van der Waals surface area contributed by atoms with Gasteiger partial charge >= 0.3 is 0 Å². The number of rotatable bonds is 3. The molecule has 5 heteroatoms. The Bertz CT molecular complexity index is 480. The molecule has 0 saturated carbocycles. The standard InChI is InChI=1S/C15H23N3O2/c1-10-8-14(17-16-13(10)4)20-9-15(19)18-11(2)6-5-7-12(18)3/h8,11-12H,5-7,9H2,1-4H3. The molecule has 5 nitrogen and oxygen atoms in total. The van der Waals surface area contributed by atoms with Crippen LogP contribution in [-0.2, 0) is 4.79 Å². The van der Waals surface area contributed by atoms with Crippen LogP contribution in [0.2, 0.25) is 0 Å². The van der Waals surface area contributed by atoms with Crippen LogP contribution in [0.3, 0.4) is 0 Å². The van der Waals surface area contributed by atoms with Gasteiger partial charge in [-0.2, -0.15) is 5.10 Å². The van der Waals surface area contributed by atoms with Crippen molar-refractivity contribution in [3.8, 4) is 5.88 Å². The predicted molar refractivity (Wildman–Crippen MR) is 76.6 cm³/mol. The van der Waals surface area contributed by atoms with Gasteiger partial charge < -0.3 is 9.64 Å². The van der Waals surface area contributed by atoms with Crippen LogP contribution in [0, 0.1) is 13.8 Å². The number of hydrogen-bond acceptors (Lipinski definition) is 4. The number of amides is 1. The normalized spacial score (nSPS) is 22.7. The third kappa shape index (κ3) is 3.26. The second-order valence-electron chi connectivity index (χ2n) is 5.67. The Kier molecular flexibility index (Phi) is 4.57. The van der Waals surface area contributed by atoms with E-state index in [2.05, 4.69) is 24.0 Å². The van der Waals surface area contributed by atoms with E-state index in [-0.39, 0.29) is 12.5 Å². The zero-order chi connectivity index (χ0) is 14.7. The van der Waals surface area contributed by atoms with E-state index in [1.54, 1.807) is 0 Å². The van der Waals surface area contributed by atoms with E-state index in [0.717, 1.165) is 24.1 Å². The Hall–Kier alpha value is -1.65. The van der Waals surface area contributed by atoms with Crippen molar-refractivity contribution in [1.82, 2.24) is 15.1 Å². The van der Waals surface area contributed by atoms with Crippen LogP contribution in [0.25, 0.3) is 0 Å². The molecule has 1 saturated heterocycles. The van der Waals surface area contributed by atoms with Crippen LogP contribution < -0.4 is 4.74 Å². The third-order valence-corrected chi connectivity index (χ3v) is 4.03. The summed E-state index contributed by atoms with van der Waals surface area (Å²) in [5, 5.41) is 7.95. The summed E-state index contributed by atoms with van der Waals surface area (Å²) in [5.41, 5.74) is 1.89. The maximum Gasteiger partial charge on any atom is 0.261 e. The molecule has 1 fully saturated rings. The van der Waals surface area contributed by atoms with E-state index < -0.39 is 0 Å². The number of aryl methyl sites for hydroxylation is 2. The first-order valence-corrected chi connectivity index (χ1v) is 7.24. The third-order valence-electron chi connectivity index (χ3n) is 4.03. The summed E-state index contributed by atoms with van der Waals surface area (Å²) in [4.78, 5) is 14.2. The van der Waals surface area contributed by atoms with Crippen molar-refractivity contribution in [2.24, 2.45) is 0 Å². The minimum absolute atomic E-state index is 0.0322. The van der Waals surface area contributed by atoms with E-state index in [1.807, 2.05) is 24.8 Å². The molecule has 2 rings (SSSR count). The van der Waals surface area contributed by atoms with Crippen molar-refractivity contribution in [2.45, 2.75) is 59.0 Å². The van der Waals surface area contributed by atoms with Crippen molar-refractivity contribution in [3.63, 3.8) is 0 Å². The van der Waals surface area contributed by atoms with Crippen LogP contribution in [0.1, 0.15) is 44.4 Å². The molecule has 0 N–H and O–H groups in total. The first kappa shape index (κ1) is 14.8. The highest BCUT2D eigenvalue weighted by Gasteiger charge is 2.29. The molecule has 0 radical (unpaired) electrons. The quantitative estimate of drug-likeness (QED) is 0.850. The van der Waals surface area contributed by atoms with E-state index in [4.69, 9.17) is 4.74 Å². The summed E-state index contributed by atoms with van der Waals surface area (Å²) in [6, 6.07) is 2.40. The average Bonchev–Trinajstić information content (AvgIpc) is 2.40. The van der Waals surface area contributed by atoms with Gasteiger partial charge in [0.25, 0.3) is 5.91 Å². The van der Waals surface area contributed by atoms with Crippen molar-refractivity contribution in [1.29, 1.82) is 0 Å². The van der Waals surface area contributed by atoms with Crippen molar-refractivity contribution in [3.05, 3.63) is 17.3 Å². The highest BCUT2D eigenvalue weighted by molar-refractivity contribution is 5.78. The Morgan fingerprint density at radius 1 is 1.30 bits per heavy atom. The van der Waals surface area contributed by atoms with Gasteiger partial charge in [0.1, 0.15) is 0 Å². The summed E-state index contributed by atoms with van der Waals surface area (Å²) < 4.78 is 5.49. The lowest BCUT2D eigenvalue weighted by molar-refractivity contribution is -0.139. The molecule has 110 valence electrons. The summed E-state index contributed by atoms with van der Waals surface area (Å²) in [6.45, 7) is 8.08. The highest BCUT2D eigenvalue weighted by Crippen LogP contribution is 2.22. The number of piperidine rings is 1. The molecule has 0 spiro atoms. The van der Waals surface area contributed by atoms with Gasteiger partial charge in [-0.25, -0.2) is 0 Å². The molecule has 0 aromatic carbocycles. The second kappa shape index (κ2) is 6.20. The Morgan fingerprint density at radius 2 is 1.95 bits per heavy atom. The topological polar surface area (TPSA) is 55.3 Å². The Labute approximate surface area is 120 Å². The zero-order valence-corrected chi connectivity index (χ0v) is 12.7. The minimum Gasteiger partial charge on any atom is -0.466 e. The second-order valence-corrected chi connectivity index (χ2v) is 5.67. The maximum atomic E-state index is 12.3. The maximum absolute atomic E-state index is 12.3. The molecule has 1 aromatic heterocycles. The monoisotopic (exact) mass is 277 g/mol. The number of hydrogen-bond donors (Lipinski definition) is 0. The van der Waals surface area contributed by atoms with Crippen LogP contribution in [-0.4, -0.2) is 39.7 Å². The summed E-state index contributed by atoms with van der Waals surface area (Å²) in [6.07, 6.45) is 3.33. The van der Waals surface area contributed by atoms with E-state index in [9.17, 15) is 4.79 Å². The van der Waals surface area contributed by atoms with Crippen LogP contribution in [0.5, 0.6) is 5.88 Å². The molecular weight excluding hydrogens is 254 g/mol. The fraction of sp³-hybridized carbons (Fsp3) is 0.667. The van der Waals surface area contributed by atoms with Crippen molar-refractivity contribution < 1.29 is 9.53 Å². The molecule has 2 heterocycles. The average molecular weight is 277 g/mol. The number of nitrogens with zero attached hydrogens (tertiary/aromatic N) is 3. The molecule has 2 unspecified atom stereocenters. The first-order valence-electron chi connectivity index (χ1n) is 7.24. The molecular formula is C15H23N3O2. The number of likely N-dealkylation sites (tertiary alicyclic amines) is 1. The highest BCUT2D eigenvalue weighted by atomic mass is 16.5. The van der Waals surface area contributed by atoms with Crippen LogP contribution in [0.4, 0.5) is 0 Å². The SMILES string of the molecule is Cc1cc(OCC(=O)N2C(C)CCCC2C)nnc1C. The summed E-state index contributed by atoms with van der Waals surface area (Å²) in [7, 11) is 0. The van der Waals surface area contributed by atoms with Gasteiger partial charge in [-0.05, 0) is 52.5 Å². The molecule has 1 aliphatic rings. The lowest BCUT2D eigenvalue weighted by Gasteiger charge is -2.38. The predicted octanol–water partition coefficient (Wildman–Crippen LogP) is 2.26. The molecule has 1 aromatic rings. The van der Waals surface area contributed by atoms with E-state index >= 15 is 0 Å². The smallest absolute Gasteiger partial charge is 0.261 e. The van der Waals surface area contributed by atoms with E-state index in [1.165, 1.54) is 6.42 Å². The van der Waals surface area contributed by atoms with Gasteiger partial charge in [-0.15, -0.1) is 5.10 Å². The van der Waals surface area contributed by atoms with Gasteiger partial charge in [-0.1, -0.05) is 0 Å². The summed E-state index contributed by atoms with van der Waals surface area (Å²) in [5.74, 6) is 0.448. The molecule has 1 amide bonds. The largest absolute Gasteiger partial charge is 0.466 e. The van der Waals surface area contributed by atoms with Gasteiger partial charge in [0.2, 0.25) is 5.88 Å². The Balaban J connectivity index is 1.95. The van der Waals surface area contributed by atoms with Gasteiger partial charge in [-0.3, -0.25) is 4.79 Å². The number of aromatic nitrogens is 2. The van der Waals surface area contributed by atoms with Gasteiger partial charge in [0, 0.05) is 18.2 Å². The molecule has 0 aliphatic carbocycles. The molecule has 20 heavy (non-hydrogen) atoms. The van der Waals surface area contributed by atoms with Crippen LogP contribution in [0.15, 0.2) is 6.07 Å². The number of carbonyl (C=O) groups is 1. The van der Waals surface area contributed by atoms with Gasteiger partial charge in [0.05, 0.1) is 5.69 Å². The van der Waals surface area contributed by atoms with Gasteiger partial charge in [0.15, 0.2) is 6.61 Å². The summed E-state index contributed by atoms with van der Waals surface area (Å²) >= 11 is 0. The van der Waals surface area contributed by atoms with Crippen molar-refractivity contribution in [2.75, 3.05) is 6.61 Å². The fourth-order valence-corrected chi connectivity index (χ4v) is 2.72. The first-order chi connectivity index (χ1) is 9.49. The van der Waals surface area contributed by atoms with E-state index in [0.29, 0.717) is 18.0 Å².